The molecule has 1 N–H and O–H groups in total. The van der Waals surface area contributed by atoms with Crippen molar-refractivity contribution < 1.29 is 4.74 Å². The molecule has 0 spiro atoms. The molecular weight excluding hydrogens is 224 g/mol. The van der Waals surface area contributed by atoms with Crippen LogP contribution in [0, 0.1) is 17.2 Å². The van der Waals surface area contributed by atoms with Crippen molar-refractivity contribution in [1.29, 1.82) is 5.26 Å². The smallest absolute Gasteiger partial charge is 0.143 e. The van der Waals surface area contributed by atoms with Crippen LogP contribution in [0.2, 0.25) is 0 Å². The fourth-order valence-corrected chi connectivity index (χ4v) is 2.17. The van der Waals surface area contributed by atoms with Crippen LogP contribution in [0.5, 0.6) is 5.75 Å². The normalized spacial score (nSPS) is 17.8. The van der Waals surface area contributed by atoms with Gasteiger partial charge in [-0.25, -0.2) is 0 Å². The molecule has 96 valence electrons. The third kappa shape index (κ3) is 2.65. The van der Waals surface area contributed by atoms with Crippen LogP contribution in [-0.2, 0) is 6.42 Å². The maximum atomic E-state index is 9.35. The van der Waals surface area contributed by atoms with E-state index < -0.39 is 5.54 Å². The lowest BCUT2D eigenvalue weighted by atomic mass is 9.96. The summed E-state index contributed by atoms with van der Waals surface area (Å²) < 4.78 is 5.77. The number of nitrogens with zero attached hydrogens (tertiary/aromatic N) is 1. The van der Waals surface area contributed by atoms with Crippen LogP contribution in [0.3, 0.4) is 0 Å². The van der Waals surface area contributed by atoms with Crippen LogP contribution in [0.25, 0.3) is 0 Å². The highest BCUT2D eigenvalue weighted by Gasteiger charge is 2.45. The fraction of sp³-hybridized carbons (Fsp3) is 0.533. The van der Waals surface area contributed by atoms with Gasteiger partial charge in [0.2, 0.25) is 0 Å². The van der Waals surface area contributed by atoms with Gasteiger partial charge in [0.25, 0.3) is 0 Å². The van der Waals surface area contributed by atoms with Gasteiger partial charge >= 0.3 is 0 Å². The molecule has 1 aromatic rings. The molecular formula is C15H20N2O. The molecule has 1 fully saturated rings. The molecule has 0 bridgehead atoms. The third-order valence-corrected chi connectivity index (χ3v) is 3.72. The monoisotopic (exact) mass is 244 g/mol. The molecule has 1 aromatic carbocycles. The number of benzene rings is 1. The Balaban J connectivity index is 1.99. The lowest BCUT2D eigenvalue weighted by Gasteiger charge is -2.25. The number of hydrogen-bond donors (Lipinski definition) is 1. The molecule has 1 unspecified atom stereocenters. The molecule has 18 heavy (non-hydrogen) atoms. The van der Waals surface area contributed by atoms with Gasteiger partial charge in [-0.05, 0) is 49.9 Å². The Morgan fingerprint density at radius 3 is 2.50 bits per heavy atom. The highest BCUT2D eigenvalue weighted by Crippen LogP contribution is 2.39. The Morgan fingerprint density at radius 1 is 1.39 bits per heavy atom. The van der Waals surface area contributed by atoms with E-state index in [1.807, 2.05) is 19.2 Å². The standard InChI is InChI=1S/C15H20N2O/c1-3-12-4-8-14(9-5-12)18-11-15(10-16,17-2)13-6-7-13/h4-5,8-9,13,17H,3,6-7,11H2,1-2H3. The summed E-state index contributed by atoms with van der Waals surface area (Å²) >= 11 is 0. The van der Waals surface area contributed by atoms with Crippen LogP contribution >= 0.6 is 0 Å². The molecule has 0 aliphatic heterocycles. The first kappa shape index (κ1) is 12.9. The van der Waals surface area contributed by atoms with Gasteiger partial charge in [-0.2, -0.15) is 5.26 Å². The summed E-state index contributed by atoms with van der Waals surface area (Å²) in [5.74, 6) is 1.27. The molecule has 1 saturated carbocycles. The van der Waals surface area contributed by atoms with Crippen molar-refractivity contribution in [2.75, 3.05) is 13.7 Å². The number of rotatable bonds is 6. The molecule has 1 aliphatic carbocycles. The Hall–Kier alpha value is -1.53. The van der Waals surface area contributed by atoms with Gasteiger partial charge in [-0.15, -0.1) is 0 Å². The van der Waals surface area contributed by atoms with Crippen molar-refractivity contribution >= 4 is 0 Å². The number of likely N-dealkylation sites (N-methyl/N-ethyl adjacent to an activating group) is 1. The van der Waals surface area contributed by atoms with Gasteiger partial charge in [0.05, 0.1) is 6.07 Å². The molecule has 1 aliphatic rings. The Bertz CT molecular complexity index is 431. The van der Waals surface area contributed by atoms with E-state index in [4.69, 9.17) is 4.74 Å². The summed E-state index contributed by atoms with van der Waals surface area (Å²) in [6.45, 7) is 2.54. The van der Waals surface area contributed by atoms with E-state index in [2.05, 4.69) is 30.4 Å². The number of nitrogens with one attached hydrogen (secondary N) is 1. The van der Waals surface area contributed by atoms with Gasteiger partial charge in [0.15, 0.2) is 0 Å². The zero-order valence-corrected chi connectivity index (χ0v) is 11.1. The highest BCUT2D eigenvalue weighted by molar-refractivity contribution is 5.28. The summed E-state index contributed by atoms with van der Waals surface area (Å²) in [4.78, 5) is 0. The van der Waals surface area contributed by atoms with E-state index in [9.17, 15) is 5.26 Å². The van der Waals surface area contributed by atoms with Crippen molar-refractivity contribution in [3.05, 3.63) is 29.8 Å². The van der Waals surface area contributed by atoms with Crippen molar-refractivity contribution in [1.82, 2.24) is 5.32 Å². The summed E-state index contributed by atoms with van der Waals surface area (Å²) in [5, 5.41) is 12.5. The van der Waals surface area contributed by atoms with Crippen LogP contribution < -0.4 is 10.1 Å². The predicted molar refractivity (Wildman–Crippen MR) is 71.4 cm³/mol. The van der Waals surface area contributed by atoms with Crippen LogP contribution in [0.15, 0.2) is 24.3 Å². The van der Waals surface area contributed by atoms with E-state index in [1.54, 1.807) is 0 Å². The lowest BCUT2D eigenvalue weighted by Crippen LogP contribution is -2.49. The van der Waals surface area contributed by atoms with E-state index in [-0.39, 0.29) is 0 Å². The zero-order valence-electron chi connectivity index (χ0n) is 11.1. The molecule has 0 aromatic heterocycles. The van der Waals surface area contributed by atoms with Gasteiger partial charge in [0, 0.05) is 0 Å². The first-order valence-electron chi connectivity index (χ1n) is 6.56. The van der Waals surface area contributed by atoms with E-state index in [0.29, 0.717) is 12.5 Å². The maximum Gasteiger partial charge on any atom is 0.143 e. The maximum absolute atomic E-state index is 9.35. The number of hydrogen-bond acceptors (Lipinski definition) is 3. The fourth-order valence-electron chi connectivity index (χ4n) is 2.17. The van der Waals surface area contributed by atoms with E-state index in [1.165, 1.54) is 5.56 Å². The second-order valence-electron chi connectivity index (χ2n) is 4.89. The second kappa shape index (κ2) is 5.41. The first-order chi connectivity index (χ1) is 8.74. The SMILES string of the molecule is CCc1ccc(OCC(C#N)(NC)C2CC2)cc1. The Labute approximate surface area is 109 Å². The predicted octanol–water partition coefficient (Wildman–Crippen LogP) is 2.52. The molecule has 1 atom stereocenters. The average Bonchev–Trinajstić information content (AvgIpc) is 3.26. The number of nitriles is 1. The molecule has 3 heteroatoms. The largest absolute Gasteiger partial charge is 0.491 e. The van der Waals surface area contributed by atoms with E-state index >= 15 is 0 Å². The highest BCUT2D eigenvalue weighted by atomic mass is 16.5. The zero-order chi connectivity index (χ0) is 13.0. The lowest BCUT2D eigenvalue weighted by molar-refractivity contribution is 0.211. The molecule has 0 amide bonds. The second-order valence-corrected chi connectivity index (χ2v) is 4.89. The minimum atomic E-state index is -0.524. The minimum Gasteiger partial charge on any atom is -0.491 e. The van der Waals surface area contributed by atoms with Crippen LogP contribution in [0.4, 0.5) is 0 Å². The van der Waals surface area contributed by atoms with Crippen molar-refractivity contribution in [2.24, 2.45) is 5.92 Å². The van der Waals surface area contributed by atoms with Crippen molar-refractivity contribution in [2.45, 2.75) is 31.7 Å². The third-order valence-electron chi connectivity index (χ3n) is 3.72. The van der Waals surface area contributed by atoms with Gasteiger partial charge in [-0.1, -0.05) is 19.1 Å². The molecule has 0 heterocycles. The molecule has 2 rings (SSSR count). The molecule has 0 saturated heterocycles. The number of ether oxygens (including phenoxy) is 1. The van der Waals surface area contributed by atoms with Gasteiger partial charge in [0.1, 0.15) is 17.9 Å². The Kier molecular flexibility index (Phi) is 3.88. The van der Waals surface area contributed by atoms with Crippen molar-refractivity contribution in [3.63, 3.8) is 0 Å². The van der Waals surface area contributed by atoms with Gasteiger partial charge in [-0.3, -0.25) is 5.32 Å². The Morgan fingerprint density at radius 2 is 2.06 bits per heavy atom. The van der Waals surface area contributed by atoms with Crippen LogP contribution in [-0.4, -0.2) is 19.2 Å². The average molecular weight is 244 g/mol. The van der Waals surface area contributed by atoms with E-state index in [0.717, 1.165) is 25.0 Å². The molecule has 0 radical (unpaired) electrons. The van der Waals surface area contributed by atoms with Crippen LogP contribution in [0.1, 0.15) is 25.3 Å². The quantitative estimate of drug-likeness (QED) is 0.836. The molecule has 3 nitrogen and oxygen atoms in total. The number of aryl methyl sites for hydroxylation is 1. The minimum absolute atomic E-state index is 0.413. The van der Waals surface area contributed by atoms with Crippen molar-refractivity contribution in [3.8, 4) is 11.8 Å². The summed E-state index contributed by atoms with van der Waals surface area (Å²) in [7, 11) is 1.84. The topological polar surface area (TPSA) is 45.0 Å². The summed E-state index contributed by atoms with van der Waals surface area (Å²) in [6.07, 6.45) is 3.26. The first-order valence-corrected chi connectivity index (χ1v) is 6.56. The summed E-state index contributed by atoms with van der Waals surface area (Å²) in [5.41, 5.74) is 0.772. The summed E-state index contributed by atoms with van der Waals surface area (Å²) in [6, 6.07) is 10.5. The van der Waals surface area contributed by atoms with Gasteiger partial charge < -0.3 is 4.74 Å².